The maximum Gasteiger partial charge on any atom is 0.122 e. The minimum Gasteiger partial charge on any atom is -0.297 e. The molecule has 0 aromatic heterocycles. The van der Waals surface area contributed by atoms with E-state index in [-0.39, 0.29) is 5.54 Å². The standard InChI is InChI=1S/C16H27N3/c1-2-15-5-3-4-10-19(15)12-16(11-17,13-6-7-13)18-14-8-9-14/h13-15,18H,2-10,12H2,1H3. The Balaban J connectivity index is 1.70. The van der Waals surface area contributed by atoms with Gasteiger partial charge in [0, 0.05) is 18.6 Å². The van der Waals surface area contributed by atoms with Crippen LogP contribution in [0, 0.1) is 17.2 Å². The zero-order chi connectivity index (χ0) is 13.3. The third kappa shape index (κ3) is 2.95. The van der Waals surface area contributed by atoms with Crippen LogP contribution >= 0.6 is 0 Å². The summed E-state index contributed by atoms with van der Waals surface area (Å²) in [6.07, 6.45) is 10.3. The van der Waals surface area contributed by atoms with E-state index in [4.69, 9.17) is 0 Å². The van der Waals surface area contributed by atoms with Crippen LogP contribution in [-0.4, -0.2) is 35.6 Å². The molecule has 0 bridgehead atoms. The molecule has 0 aromatic rings. The van der Waals surface area contributed by atoms with Gasteiger partial charge in [0.05, 0.1) is 6.07 Å². The van der Waals surface area contributed by atoms with Gasteiger partial charge < -0.3 is 0 Å². The SMILES string of the molecule is CCC1CCCCN1CC(C#N)(NC1CC1)C1CC1. The molecule has 19 heavy (non-hydrogen) atoms. The molecule has 3 rings (SSSR count). The van der Waals surface area contributed by atoms with Crippen molar-refractivity contribution in [2.24, 2.45) is 5.92 Å². The zero-order valence-corrected chi connectivity index (χ0v) is 12.2. The summed E-state index contributed by atoms with van der Waals surface area (Å²) in [6.45, 7) is 4.45. The molecule has 2 unspecified atom stereocenters. The van der Waals surface area contributed by atoms with Gasteiger partial charge in [-0.15, -0.1) is 0 Å². The molecule has 2 aliphatic carbocycles. The number of nitrogens with zero attached hydrogens (tertiary/aromatic N) is 2. The fourth-order valence-electron chi connectivity index (χ4n) is 3.67. The minimum absolute atomic E-state index is 0.244. The molecule has 3 aliphatic rings. The molecule has 3 nitrogen and oxygen atoms in total. The van der Waals surface area contributed by atoms with Crippen LogP contribution < -0.4 is 5.32 Å². The Bertz CT molecular complexity index is 353. The van der Waals surface area contributed by atoms with E-state index in [1.54, 1.807) is 0 Å². The Kier molecular flexibility index (Phi) is 3.82. The molecule has 3 fully saturated rings. The second kappa shape index (κ2) is 5.42. The van der Waals surface area contributed by atoms with Crippen molar-refractivity contribution in [3.05, 3.63) is 0 Å². The van der Waals surface area contributed by atoms with Crippen LogP contribution in [0.3, 0.4) is 0 Å². The summed E-state index contributed by atoms with van der Waals surface area (Å²) < 4.78 is 0. The lowest BCUT2D eigenvalue weighted by molar-refractivity contribution is 0.106. The van der Waals surface area contributed by atoms with Crippen LogP contribution in [0.15, 0.2) is 0 Å². The number of hydrogen-bond acceptors (Lipinski definition) is 3. The first kappa shape index (κ1) is 13.4. The van der Waals surface area contributed by atoms with Crippen LogP contribution in [0.1, 0.15) is 58.3 Å². The van der Waals surface area contributed by atoms with E-state index in [9.17, 15) is 5.26 Å². The highest BCUT2D eigenvalue weighted by molar-refractivity contribution is 5.19. The Morgan fingerprint density at radius 2 is 2.00 bits per heavy atom. The third-order valence-electron chi connectivity index (χ3n) is 5.19. The lowest BCUT2D eigenvalue weighted by atomic mass is 9.90. The van der Waals surface area contributed by atoms with Crippen molar-refractivity contribution >= 4 is 0 Å². The maximum absolute atomic E-state index is 9.81. The number of hydrogen-bond donors (Lipinski definition) is 1. The molecular weight excluding hydrogens is 234 g/mol. The van der Waals surface area contributed by atoms with Gasteiger partial charge >= 0.3 is 0 Å². The summed E-state index contributed by atoms with van der Waals surface area (Å²) in [4.78, 5) is 2.61. The molecule has 1 N–H and O–H groups in total. The monoisotopic (exact) mass is 261 g/mol. The highest BCUT2D eigenvalue weighted by Gasteiger charge is 2.49. The normalized spacial score (nSPS) is 31.7. The molecule has 106 valence electrons. The molecule has 0 amide bonds. The van der Waals surface area contributed by atoms with Gasteiger partial charge in [-0.2, -0.15) is 5.26 Å². The fraction of sp³-hybridized carbons (Fsp3) is 0.938. The van der Waals surface area contributed by atoms with Gasteiger partial charge in [-0.3, -0.25) is 10.2 Å². The Morgan fingerprint density at radius 3 is 2.58 bits per heavy atom. The van der Waals surface area contributed by atoms with Crippen molar-refractivity contribution in [3.8, 4) is 6.07 Å². The quantitative estimate of drug-likeness (QED) is 0.799. The van der Waals surface area contributed by atoms with Crippen LogP contribution in [0.5, 0.6) is 0 Å². The van der Waals surface area contributed by atoms with Crippen LogP contribution in [0.2, 0.25) is 0 Å². The van der Waals surface area contributed by atoms with Gasteiger partial charge in [0.2, 0.25) is 0 Å². The number of nitrogens with one attached hydrogen (secondary N) is 1. The third-order valence-corrected chi connectivity index (χ3v) is 5.19. The molecule has 1 aliphatic heterocycles. The zero-order valence-electron chi connectivity index (χ0n) is 12.2. The number of piperidine rings is 1. The fourth-order valence-corrected chi connectivity index (χ4v) is 3.67. The van der Waals surface area contributed by atoms with Gasteiger partial charge in [0.15, 0.2) is 0 Å². The topological polar surface area (TPSA) is 39.1 Å². The van der Waals surface area contributed by atoms with Crippen molar-refractivity contribution in [2.75, 3.05) is 13.1 Å². The Labute approximate surface area is 117 Å². The van der Waals surface area contributed by atoms with Crippen molar-refractivity contribution in [2.45, 2.75) is 75.9 Å². The molecular formula is C16H27N3. The van der Waals surface area contributed by atoms with E-state index in [1.165, 1.54) is 57.9 Å². The smallest absolute Gasteiger partial charge is 0.122 e. The van der Waals surface area contributed by atoms with Crippen LogP contribution in [0.25, 0.3) is 0 Å². The summed E-state index contributed by atoms with van der Waals surface area (Å²) in [7, 11) is 0. The van der Waals surface area contributed by atoms with E-state index in [1.807, 2.05) is 0 Å². The second-order valence-corrected chi connectivity index (χ2v) is 6.80. The summed E-state index contributed by atoms with van der Waals surface area (Å²) in [5, 5.41) is 13.5. The first-order chi connectivity index (χ1) is 9.27. The summed E-state index contributed by atoms with van der Waals surface area (Å²) in [5.41, 5.74) is -0.244. The molecule has 3 heteroatoms. The number of rotatable bonds is 6. The Hall–Kier alpha value is -0.590. The highest BCUT2D eigenvalue weighted by atomic mass is 15.2. The predicted octanol–water partition coefficient (Wildman–Crippen LogP) is 2.68. The highest BCUT2D eigenvalue weighted by Crippen LogP contribution is 2.42. The summed E-state index contributed by atoms with van der Waals surface area (Å²) in [5.74, 6) is 0.609. The second-order valence-electron chi connectivity index (χ2n) is 6.80. The average molecular weight is 261 g/mol. The van der Waals surface area contributed by atoms with Gasteiger partial charge in [-0.05, 0) is 57.4 Å². The van der Waals surface area contributed by atoms with E-state index < -0.39 is 0 Å². The largest absolute Gasteiger partial charge is 0.297 e. The molecule has 1 heterocycles. The number of nitriles is 1. The van der Waals surface area contributed by atoms with E-state index in [0.29, 0.717) is 18.0 Å². The lowest BCUT2D eigenvalue weighted by Gasteiger charge is -2.41. The average Bonchev–Trinajstić information content (AvgIpc) is 3.30. The first-order valence-corrected chi connectivity index (χ1v) is 8.20. The molecule has 2 saturated carbocycles. The molecule has 1 saturated heterocycles. The molecule has 0 radical (unpaired) electrons. The van der Waals surface area contributed by atoms with E-state index >= 15 is 0 Å². The Morgan fingerprint density at radius 1 is 1.21 bits per heavy atom. The molecule has 2 atom stereocenters. The summed E-state index contributed by atoms with van der Waals surface area (Å²) >= 11 is 0. The minimum atomic E-state index is -0.244. The van der Waals surface area contributed by atoms with Crippen molar-refractivity contribution in [1.29, 1.82) is 5.26 Å². The van der Waals surface area contributed by atoms with E-state index in [0.717, 1.165) is 6.54 Å². The van der Waals surface area contributed by atoms with Crippen molar-refractivity contribution in [1.82, 2.24) is 10.2 Å². The predicted molar refractivity (Wildman–Crippen MR) is 76.7 cm³/mol. The lowest BCUT2D eigenvalue weighted by Crippen LogP contribution is -2.57. The van der Waals surface area contributed by atoms with Gasteiger partial charge in [-0.1, -0.05) is 13.3 Å². The van der Waals surface area contributed by atoms with Crippen molar-refractivity contribution < 1.29 is 0 Å². The molecule has 0 spiro atoms. The van der Waals surface area contributed by atoms with Gasteiger partial charge in [0.1, 0.15) is 5.54 Å². The maximum atomic E-state index is 9.81. The number of likely N-dealkylation sites (tertiary alicyclic amines) is 1. The first-order valence-electron chi connectivity index (χ1n) is 8.20. The van der Waals surface area contributed by atoms with Crippen LogP contribution in [-0.2, 0) is 0 Å². The van der Waals surface area contributed by atoms with Gasteiger partial charge in [0.25, 0.3) is 0 Å². The summed E-state index contributed by atoms with van der Waals surface area (Å²) in [6, 6.07) is 4.03. The van der Waals surface area contributed by atoms with Gasteiger partial charge in [-0.25, -0.2) is 0 Å². The van der Waals surface area contributed by atoms with E-state index in [2.05, 4.69) is 23.2 Å². The van der Waals surface area contributed by atoms with Crippen molar-refractivity contribution in [3.63, 3.8) is 0 Å². The molecule has 0 aromatic carbocycles. The van der Waals surface area contributed by atoms with Crippen LogP contribution in [0.4, 0.5) is 0 Å².